The number of anilines is 1. The first-order valence-corrected chi connectivity index (χ1v) is 6.45. The fourth-order valence-corrected chi connectivity index (χ4v) is 2.44. The average Bonchev–Trinajstić information content (AvgIpc) is 2.38. The van der Waals surface area contributed by atoms with E-state index in [1.165, 1.54) is 0 Å². The molecule has 0 aliphatic heterocycles. The van der Waals surface area contributed by atoms with Crippen LogP contribution in [0.5, 0.6) is 0 Å². The van der Waals surface area contributed by atoms with Crippen molar-refractivity contribution in [3.63, 3.8) is 0 Å². The first kappa shape index (κ1) is 11.7. The Morgan fingerprint density at radius 3 is 2.53 bits per heavy atom. The van der Waals surface area contributed by atoms with E-state index in [0.717, 1.165) is 22.9 Å². The molecule has 0 atom stereocenters. The van der Waals surface area contributed by atoms with Crippen LogP contribution in [0.1, 0.15) is 19.3 Å². The SMILES string of the molecule is N#CC1(C(=O)Nc2ccc3ccccc3c2)CCC1. The molecule has 1 N–H and O–H groups in total. The van der Waals surface area contributed by atoms with Crippen LogP contribution in [0.15, 0.2) is 42.5 Å². The second-order valence-electron chi connectivity index (χ2n) is 5.06. The first-order chi connectivity index (χ1) is 9.23. The van der Waals surface area contributed by atoms with E-state index in [0.29, 0.717) is 12.8 Å². The number of rotatable bonds is 2. The van der Waals surface area contributed by atoms with E-state index >= 15 is 0 Å². The van der Waals surface area contributed by atoms with Gasteiger partial charge in [0.15, 0.2) is 0 Å². The molecule has 0 saturated heterocycles. The number of benzene rings is 2. The molecule has 3 rings (SSSR count). The molecule has 0 heterocycles. The Balaban J connectivity index is 1.86. The van der Waals surface area contributed by atoms with Gasteiger partial charge in [-0.2, -0.15) is 5.26 Å². The van der Waals surface area contributed by atoms with Crippen LogP contribution in [0.4, 0.5) is 5.69 Å². The van der Waals surface area contributed by atoms with Crippen molar-refractivity contribution >= 4 is 22.4 Å². The second-order valence-corrected chi connectivity index (χ2v) is 5.06. The van der Waals surface area contributed by atoms with Crippen LogP contribution >= 0.6 is 0 Å². The summed E-state index contributed by atoms with van der Waals surface area (Å²) >= 11 is 0. The van der Waals surface area contributed by atoms with Gasteiger partial charge >= 0.3 is 0 Å². The summed E-state index contributed by atoms with van der Waals surface area (Å²) in [5.41, 5.74) is -0.0451. The van der Waals surface area contributed by atoms with Crippen molar-refractivity contribution in [3.8, 4) is 6.07 Å². The fraction of sp³-hybridized carbons (Fsp3) is 0.250. The van der Waals surface area contributed by atoms with Gasteiger partial charge in [0.25, 0.3) is 0 Å². The summed E-state index contributed by atoms with van der Waals surface area (Å²) < 4.78 is 0. The van der Waals surface area contributed by atoms with Crippen molar-refractivity contribution in [1.29, 1.82) is 5.26 Å². The predicted molar refractivity (Wildman–Crippen MR) is 74.5 cm³/mol. The summed E-state index contributed by atoms with van der Waals surface area (Å²) in [6.45, 7) is 0. The smallest absolute Gasteiger partial charge is 0.244 e. The number of fused-ring (bicyclic) bond motifs is 1. The molecule has 2 aromatic rings. The van der Waals surface area contributed by atoms with Crippen molar-refractivity contribution in [2.75, 3.05) is 5.32 Å². The van der Waals surface area contributed by atoms with E-state index < -0.39 is 5.41 Å². The predicted octanol–water partition coefficient (Wildman–Crippen LogP) is 3.47. The Kier molecular flexibility index (Phi) is 2.72. The van der Waals surface area contributed by atoms with Crippen LogP contribution in [-0.2, 0) is 4.79 Å². The summed E-state index contributed by atoms with van der Waals surface area (Å²) in [4.78, 5) is 12.2. The highest BCUT2D eigenvalue weighted by molar-refractivity contribution is 5.99. The molecular weight excluding hydrogens is 236 g/mol. The molecule has 0 aromatic heterocycles. The number of hydrogen-bond acceptors (Lipinski definition) is 2. The monoisotopic (exact) mass is 250 g/mol. The van der Waals surface area contributed by atoms with Crippen LogP contribution in [0.25, 0.3) is 10.8 Å². The number of carbonyl (C=O) groups excluding carboxylic acids is 1. The standard InChI is InChI=1S/C16H14N2O/c17-11-16(8-3-9-16)15(19)18-14-7-6-12-4-1-2-5-13(12)10-14/h1-2,4-7,10H,3,8-9H2,(H,18,19). The Bertz CT molecular complexity index is 680. The zero-order chi connectivity index (χ0) is 13.3. The van der Waals surface area contributed by atoms with Crippen molar-refractivity contribution in [1.82, 2.24) is 0 Å². The van der Waals surface area contributed by atoms with Crippen LogP contribution in [0.2, 0.25) is 0 Å². The molecule has 1 aliphatic carbocycles. The van der Waals surface area contributed by atoms with Crippen molar-refractivity contribution < 1.29 is 4.79 Å². The number of amides is 1. The summed E-state index contributed by atoms with van der Waals surface area (Å²) in [6, 6.07) is 16.0. The first-order valence-electron chi connectivity index (χ1n) is 6.45. The van der Waals surface area contributed by atoms with E-state index in [2.05, 4.69) is 11.4 Å². The molecule has 3 heteroatoms. The van der Waals surface area contributed by atoms with E-state index in [-0.39, 0.29) is 5.91 Å². The van der Waals surface area contributed by atoms with Gasteiger partial charge in [0.2, 0.25) is 5.91 Å². The van der Waals surface area contributed by atoms with E-state index in [1.54, 1.807) is 0 Å². The lowest BCUT2D eigenvalue weighted by Crippen LogP contribution is -2.40. The van der Waals surface area contributed by atoms with Crippen LogP contribution in [0.3, 0.4) is 0 Å². The maximum atomic E-state index is 12.2. The number of nitrogens with one attached hydrogen (secondary N) is 1. The summed E-state index contributed by atoms with van der Waals surface area (Å²) in [6.07, 6.45) is 2.30. The third kappa shape index (κ3) is 1.96. The summed E-state index contributed by atoms with van der Waals surface area (Å²) in [5, 5.41) is 14.2. The Hall–Kier alpha value is -2.34. The Morgan fingerprint density at radius 1 is 1.16 bits per heavy atom. The number of carbonyl (C=O) groups is 1. The minimum absolute atomic E-state index is 0.170. The highest BCUT2D eigenvalue weighted by atomic mass is 16.2. The average molecular weight is 250 g/mol. The van der Waals surface area contributed by atoms with E-state index in [9.17, 15) is 4.79 Å². The quantitative estimate of drug-likeness (QED) is 0.887. The maximum absolute atomic E-state index is 12.2. The number of hydrogen-bond donors (Lipinski definition) is 1. The Morgan fingerprint density at radius 2 is 1.89 bits per heavy atom. The maximum Gasteiger partial charge on any atom is 0.244 e. The highest BCUT2D eigenvalue weighted by Crippen LogP contribution is 2.41. The van der Waals surface area contributed by atoms with Crippen molar-refractivity contribution in [2.24, 2.45) is 5.41 Å². The zero-order valence-electron chi connectivity index (χ0n) is 10.5. The van der Waals surface area contributed by atoms with Crippen LogP contribution in [0, 0.1) is 16.7 Å². The van der Waals surface area contributed by atoms with Gasteiger partial charge in [-0.3, -0.25) is 4.79 Å². The third-order valence-corrected chi connectivity index (χ3v) is 3.86. The zero-order valence-corrected chi connectivity index (χ0v) is 10.5. The largest absolute Gasteiger partial charge is 0.325 e. The molecule has 1 aliphatic rings. The normalized spacial score (nSPS) is 16.4. The molecular formula is C16H14N2O. The van der Waals surface area contributed by atoms with E-state index in [1.807, 2.05) is 42.5 Å². The van der Waals surface area contributed by atoms with Gasteiger partial charge in [-0.25, -0.2) is 0 Å². The minimum Gasteiger partial charge on any atom is -0.325 e. The Labute approximate surface area is 111 Å². The lowest BCUT2D eigenvalue weighted by Gasteiger charge is -2.33. The van der Waals surface area contributed by atoms with Crippen LogP contribution in [-0.4, -0.2) is 5.91 Å². The molecule has 3 nitrogen and oxygen atoms in total. The van der Waals surface area contributed by atoms with Gasteiger partial charge < -0.3 is 5.32 Å². The molecule has 19 heavy (non-hydrogen) atoms. The summed E-state index contributed by atoms with van der Waals surface area (Å²) in [7, 11) is 0. The van der Waals surface area contributed by atoms with E-state index in [4.69, 9.17) is 5.26 Å². The van der Waals surface area contributed by atoms with Gasteiger partial charge in [0, 0.05) is 5.69 Å². The van der Waals surface area contributed by atoms with Crippen molar-refractivity contribution in [2.45, 2.75) is 19.3 Å². The molecule has 0 spiro atoms. The van der Waals surface area contributed by atoms with Gasteiger partial charge in [-0.1, -0.05) is 30.3 Å². The topological polar surface area (TPSA) is 52.9 Å². The van der Waals surface area contributed by atoms with Gasteiger partial charge in [0.1, 0.15) is 5.41 Å². The summed E-state index contributed by atoms with van der Waals surface area (Å²) in [5.74, 6) is -0.170. The number of nitriles is 1. The second kappa shape index (κ2) is 4.40. The molecule has 0 radical (unpaired) electrons. The van der Waals surface area contributed by atoms with Crippen LogP contribution < -0.4 is 5.32 Å². The number of nitrogens with zero attached hydrogens (tertiary/aromatic N) is 1. The minimum atomic E-state index is -0.800. The lowest BCUT2D eigenvalue weighted by atomic mass is 9.69. The molecule has 1 fully saturated rings. The highest BCUT2D eigenvalue weighted by Gasteiger charge is 2.44. The molecule has 0 unspecified atom stereocenters. The molecule has 0 bridgehead atoms. The third-order valence-electron chi connectivity index (χ3n) is 3.86. The molecule has 1 saturated carbocycles. The molecule has 94 valence electrons. The van der Waals surface area contributed by atoms with Gasteiger partial charge in [-0.15, -0.1) is 0 Å². The molecule has 2 aromatic carbocycles. The van der Waals surface area contributed by atoms with Crippen molar-refractivity contribution in [3.05, 3.63) is 42.5 Å². The van der Waals surface area contributed by atoms with Gasteiger partial charge in [-0.05, 0) is 42.2 Å². The lowest BCUT2D eigenvalue weighted by molar-refractivity contribution is -0.126. The van der Waals surface area contributed by atoms with Gasteiger partial charge in [0.05, 0.1) is 6.07 Å². The molecule has 1 amide bonds. The fourth-order valence-electron chi connectivity index (χ4n) is 2.44.